The molecule has 212 valence electrons. The number of methoxy groups -OCH3 is 3. The van der Waals surface area contributed by atoms with Gasteiger partial charge in [-0.05, 0) is 32.9 Å². The number of ether oxygens (including phenoxy) is 4. The molecular weight excluding hydrogens is 525 g/mol. The zero-order valence-corrected chi connectivity index (χ0v) is 22.1. The van der Waals surface area contributed by atoms with Crippen LogP contribution in [0.15, 0.2) is 24.3 Å². The summed E-state index contributed by atoms with van der Waals surface area (Å²) in [6, 6.07) is 5.85. The lowest BCUT2D eigenvalue weighted by Gasteiger charge is -2.20. The number of alkyl halides is 3. The van der Waals surface area contributed by atoms with Crippen LogP contribution in [-0.2, 0) is 16.1 Å². The maximum Gasteiger partial charge on any atom is 0.471 e. The monoisotopic (exact) mass is 554 g/mol. The van der Waals surface area contributed by atoms with Crippen molar-refractivity contribution in [2.24, 2.45) is 0 Å². The van der Waals surface area contributed by atoms with E-state index in [1.165, 1.54) is 38.0 Å². The third-order valence-corrected chi connectivity index (χ3v) is 5.04. The molecule has 0 saturated heterocycles. The number of aromatic nitrogens is 3. The van der Waals surface area contributed by atoms with E-state index in [-0.39, 0.29) is 30.6 Å². The van der Waals surface area contributed by atoms with Crippen LogP contribution in [0.3, 0.4) is 0 Å². The molecule has 3 rings (SSSR count). The predicted octanol–water partition coefficient (Wildman–Crippen LogP) is 4.23. The maximum atomic E-state index is 12.8. The Morgan fingerprint density at radius 2 is 1.62 bits per heavy atom. The molecule has 2 aromatic heterocycles. The van der Waals surface area contributed by atoms with Gasteiger partial charge in [0.25, 0.3) is 0 Å². The minimum Gasteiger partial charge on any atom is -0.493 e. The van der Waals surface area contributed by atoms with Gasteiger partial charge in [-0.2, -0.15) is 13.2 Å². The number of alkyl carbamates (subject to hydrolysis) is 1. The van der Waals surface area contributed by atoms with E-state index in [1.54, 1.807) is 38.2 Å². The Bertz CT molecular complexity index is 1330. The molecule has 12 nitrogen and oxygen atoms in total. The average Bonchev–Trinajstić information content (AvgIpc) is 3.17. The summed E-state index contributed by atoms with van der Waals surface area (Å²) in [6.07, 6.45) is -5.75. The molecule has 0 fully saturated rings. The minimum atomic E-state index is -5.09. The van der Waals surface area contributed by atoms with Crippen LogP contribution in [0.5, 0.6) is 17.2 Å². The van der Waals surface area contributed by atoms with E-state index in [0.717, 1.165) is 0 Å². The minimum absolute atomic E-state index is 0.0183. The summed E-state index contributed by atoms with van der Waals surface area (Å²) >= 11 is 0. The third kappa shape index (κ3) is 7.33. The standard InChI is InChI=1S/C24H29F3N6O6/c1-23(2,3)32-22(35)39-10-9-33-19-14(7-8-17(30-19)31-20(34)24(25,26)27)29-21(33)28-13-11-15(36-4)18(38-6)16(12-13)37-5/h7-8,11-12H,9-10H2,1-6H3,(H,28,29)(H,32,35)(H,30,31,34). The number of amides is 2. The molecule has 39 heavy (non-hydrogen) atoms. The third-order valence-electron chi connectivity index (χ3n) is 5.04. The Kier molecular flexibility index (Phi) is 8.61. The van der Waals surface area contributed by atoms with Crippen molar-refractivity contribution < 1.29 is 41.7 Å². The Hall–Kier alpha value is -4.43. The van der Waals surface area contributed by atoms with Crippen molar-refractivity contribution in [3.05, 3.63) is 24.3 Å². The second-order valence-electron chi connectivity index (χ2n) is 9.13. The van der Waals surface area contributed by atoms with Gasteiger partial charge in [-0.1, -0.05) is 0 Å². The summed E-state index contributed by atoms with van der Waals surface area (Å²) in [5.41, 5.74) is 0.377. The first-order valence-electron chi connectivity index (χ1n) is 11.5. The molecule has 0 spiro atoms. The molecule has 1 aromatic carbocycles. The van der Waals surface area contributed by atoms with Crippen LogP contribution in [0.1, 0.15) is 20.8 Å². The van der Waals surface area contributed by atoms with Crippen LogP contribution < -0.4 is 30.2 Å². The summed E-state index contributed by atoms with van der Waals surface area (Å²) in [6.45, 7) is 5.26. The Balaban J connectivity index is 1.99. The summed E-state index contributed by atoms with van der Waals surface area (Å²) in [5.74, 6) is -1.20. The van der Waals surface area contributed by atoms with Crippen LogP contribution in [0.25, 0.3) is 11.2 Å². The van der Waals surface area contributed by atoms with Crippen molar-refractivity contribution in [2.75, 3.05) is 38.6 Å². The molecule has 0 aliphatic heterocycles. The van der Waals surface area contributed by atoms with Crippen molar-refractivity contribution in [1.29, 1.82) is 0 Å². The molecule has 15 heteroatoms. The Labute approximate surface area is 221 Å². The lowest BCUT2D eigenvalue weighted by molar-refractivity contribution is -0.167. The molecule has 0 unspecified atom stereocenters. The van der Waals surface area contributed by atoms with Crippen LogP contribution in [-0.4, -0.2) is 66.2 Å². The summed E-state index contributed by atoms with van der Waals surface area (Å²) in [7, 11) is 4.37. The molecule has 0 aliphatic rings. The molecule has 2 amide bonds. The van der Waals surface area contributed by atoms with E-state index in [4.69, 9.17) is 18.9 Å². The average molecular weight is 555 g/mol. The zero-order chi connectivity index (χ0) is 29.0. The molecule has 0 bridgehead atoms. The number of imidazole rings is 1. The zero-order valence-electron chi connectivity index (χ0n) is 22.1. The van der Waals surface area contributed by atoms with Gasteiger partial charge in [0.15, 0.2) is 17.1 Å². The smallest absolute Gasteiger partial charge is 0.471 e. The number of benzene rings is 1. The number of anilines is 3. The Morgan fingerprint density at radius 3 is 2.15 bits per heavy atom. The van der Waals surface area contributed by atoms with E-state index >= 15 is 0 Å². The van der Waals surface area contributed by atoms with Gasteiger partial charge in [0.05, 0.1) is 27.9 Å². The normalized spacial score (nSPS) is 11.6. The summed E-state index contributed by atoms with van der Waals surface area (Å²) in [4.78, 5) is 32.2. The highest BCUT2D eigenvalue weighted by Gasteiger charge is 2.39. The fourth-order valence-corrected chi connectivity index (χ4v) is 3.42. The summed E-state index contributed by atoms with van der Waals surface area (Å²) in [5, 5.41) is 7.48. The second-order valence-corrected chi connectivity index (χ2v) is 9.13. The van der Waals surface area contributed by atoms with Gasteiger partial charge in [-0.3, -0.25) is 9.36 Å². The topological polar surface area (TPSA) is 138 Å². The lowest BCUT2D eigenvalue weighted by Crippen LogP contribution is -2.41. The van der Waals surface area contributed by atoms with E-state index in [2.05, 4.69) is 20.6 Å². The van der Waals surface area contributed by atoms with Crippen molar-refractivity contribution in [1.82, 2.24) is 19.9 Å². The first-order valence-corrected chi connectivity index (χ1v) is 11.5. The number of fused-ring (bicyclic) bond motifs is 1. The fourth-order valence-electron chi connectivity index (χ4n) is 3.42. The number of rotatable bonds is 9. The first-order chi connectivity index (χ1) is 18.2. The fraction of sp³-hybridized carbons (Fsp3) is 0.417. The first kappa shape index (κ1) is 29.1. The van der Waals surface area contributed by atoms with E-state index in [9.17, 15) is 22.8 Å². The van der Waals surface area contributed by atoms with Gasteiger partial charge in [0.2, 0.25) is 11.7 Å². The number of nitrogens with zero attached hydrogens (tertiary/aromatic N) is 3. The van der Waals surface area contributed by atoms with Crippen LogP contribution in [0.2, 0.25) is 0 Å². The Morgan fingerprint density at radius 1 is 0.974 bits per heavy atom. The number of carbonyl (C=O) groups excluding carboxylic acids is 2. The molecule has 0 atom stereocenters. The highest BCUT2D eigenvalue weighted by molar-refractivity contribution is 5.95. The second kappa shape index (κ2) is 11.5. The van der Waals surface area contributed by atoms with E-state index in [0.29, 0.717) is 28.5 Å². The van der Waals surface area contributed by atoms with Crippen molar-refractivity contribution in [3.63, 3.8) is 0 Å². The van der Waals surface area contributed by atoms with Gasteiger partial charge in [0.1, 0.15) is 17.9 Å². The highest BCUT2D eigenvalue weighted by Crippen LogP contribution is 2.40. The van der Waals surface area contributed by atoms with Gasteiger partial charge in [-0.25, -0.2) is 14.8 Å². The molecule has 0 aliphatic carbocycles. The number of halogens is 3. The van der Waals surface area contributed by atoms with E-state index in [1.807, 2.05) is 0 Å². The largest absolute Gasteiger partial charge is 0.493 e. The van der Waals surface area contributed by atoms with Gasteiger partial charge < -0.3 is 34.9 Å². The van der Waals surface area contributed by atoms with E-state index < -0.39 is 23.7 Å². The highest BCUT2D eigenvalue weighted by atomic mass is 19.4. The molecule has 3 N–H and O–H groups in total. The van der Waals surface area contributed by atoms with Crippen LogP contribution in [0.4, 0.5) is 35.4 Å². The lowest BCUT2D eigenvalue weighted by atomic mass is 10.1. The van der Waals surface area contributed by atoms with Gasteiger partial charge in [-0.15, -0.1) is 0 Å². The molecular formula is C24H29F3N6O6. The predicted molar refractivity (Wildman–Crippen MR) is 136 cm³/mol. The molecule has 2 heterocycles. The van der Waals surface area contributed by atoms with Crippen LogP contribution >= 0.6 is 0 Å². The number of hydrogen-bond acceptors (Lipinski definition) is 9. The molecule has 3 aromatic rings. The maximum absolute atomic E-state index is 12.8. The number of pyridine rings is 1. The summed E-state index contributed by atoms with van der Waals surface area (Å²) < 4.78 is 61.1. The van der Waals surface area contributed by atoms with Gasteiger partial charge in [0, 0.05) is 23.4 Å². The SMILES string of the molecule is COc1cc(Nc2nc3ccc(NC(=O)C(F)(F)F)nc3n2CCOC(=O)NC(C)(C)C)cc(OC)c1OC. The number of carbonyl (C=O) groups is 2. The quantitative estimate of drug-likeness (QED) is 0.355. The number of nitrogens with one attached hydrogen (secondary N) is 3. The van der Waals surface area contributed by atoms with Crippen molar-refractivity contribution >= 4 is 40.6 Å². The molecule has 0 saturated carbocycles. The van der Waals surface area contributed by atoms with Crippen LogP contribution in [0, 0.1) is 0 Å². The number of hydrogen-bond donors (Lipinski definition) is 3. The van der Waals surface area contributed by atoms with Crippen molar-refractivity contribution in [3.8, 4) is 17.2 Å². The molecule has 0 radical (unpaired) electrons. The van der Waals surface area contributed by atoms with Crippen molar-refractivity contribution in [2.45, 2.75) is 39.0 Å². The van der Waals surface area contributed by atoms with Gasteiger partial charge >= 0.3 is 18.2 Å².